The van der Waals surface area contributed by atoms with E-state index in [-0.39, 0.29) is 11.3 Å². The molecule has 0 spiro atoms. The van der Waals surface area contributed by atoms with Crippen LogP contribution in [-0.4, -0.2) is 27.7 Å². The van der Waals surface area contributed by atoms with Crippen LogP contribution in [0, 0.1) is 12.8 Å². The molecule has 146 valence electrons. The number of hydrogen-bond acceptors (Lipinski definition) is 6. The van der Waals surface area contributed by atoms with Crippen molar-refractivity contribution in [3.8, 4) is 11.3 Å². The third kappa shape index (κ3) is 5.15. The summed E-state index contributed by atoms with van der Waals surface area (Å²) in [6, 6.07) is 6.56. The second-order valence-electron chi connectivity index (χ2n) is 5.99. The van der Waals surface area contributed by atoms with E-state index in [0.29, 0.717) is 15.7 Å². The van der Waals surface area contributed by atoms with Crippen LogP contribution in [0.3, 0.4) is 0 Å². The van der Waals surface area contributed by atoms with Gasteiger partial charge in [-0.1, -0.05) is 23.2 Å². The van der Waals surface area contributed by atoms with Crippen molar-refractivity contribution < 1.29 is 19.1 Å². The lowest BCUT2D eigenvalue weighted by molar-refractivity contribution is -0.152. The van der Waals surface area contributed by atoms with Gasteiger partial charge in [0, 0.05) is 27.8 Å². The maximum atomic E-state index is 11.1. The van der Waals surface area contributed by atoms with E-state index in [1.807, 2.05) is 6.92 Å². The Morgan fingerprint density at radius 3 is 2.18 bits per heavy atom. The lowest BCUT2D eigenvalue weighted by atomic mass is 9.98. The number of benzene rings is 1. The molecular formula is C19H16Cl2N2O5. The average molecular weight is 423 g/mol. The molecule has 0 amide bonds. The lowest BCUT2D eigenvalue weighted by Gasteiger charge is -2.15. The van der Waals surface area contributed by atoms with Gasteiger partial charge >= 0.3 is 5.97 Å². The molecule has 2 heterocycles. The molecule has 1 unspecified atom stereocenters. The third-order valence-corrected chi connectivity index (χ3v) is 4.57. The van der Waals surface area contributed by atoms with Gasteiger partial charge < -0.3 is 4.74 Å². The summed E-state index contributed by atoms with van der Waals surface area (Å²) in [5, 5.41) is 7.42. The summed E-state index contributed by atoms with van der Waals surface area (Å²) in [6.45, 7) is 4.53. The summed E-state index contributed by atoms with van der Waals surface area (Å²) in [7, 11) is 0. The van der Waals surface area contributed by atoms with Gasteiger partial charge in [0.2, 0.25) is 0 Å². The van der Waals surface area contributed by atoms with Crippen LogP contribution in [0.25, 0.3) is 11.3 Å². The molecule has 1 aromatic carbocycles. The van der Waals surface area contributed by atoms with Crippen LogP contribution >= 0.6 is 23.2 Å². The lowest BCUT2D eigenvalue weighted by Crippen LogP contribution is -2.33. The number of carbonyl (C=O) groups excluding carboxylic acids is 3. The van der Waals surface area contributed by atoms with Gasteiger partial charge in [-0.15, -0.1) is 0 Å². The highest BCUT2D eigenvalue weighted by Crippen LogP contribution is 2.29. The zero-order chi connectivity index (χ0) is 21.0. The number of H-pyrrole nitrogens is 1. The minimum Gasteiger partial charge on any atom is -0.430 e. The van der Waals surface area contributed by atoms with E-state index in [4.69, 9.17) is 23.2 Å². The molecule has 9 heteroatoms. The number of cyclic esters (lactones) is 1. The van der Waals surface area contributed by atoms with Crippen molar-refractivity contribution in [2.75, 3.05) is 0 Å². The summed E-state index contributed by atoms with van der Waals surface area (Å²) in [5.41, 5.74) is 1.99. The number of aromatic amines is 1. The van der Waals surface area contributed by atoms with Crippen molar-refractivity contribution in [3.63, 3.8) is 0 Å². The number of halogens is 2. The van der Waals surface area contributed by atoms with Crippen LogP contribution in [0.15, 0.2) is 40.9 Å². The molecule has 1 aromatic heterocycles. The van der Waals surface area contributed by atoms with E-state index in [9.17, 15) is 19.2 Å². The molecule has 1 aliphatic heterocycles. The van der Waals surface area contributed by atoms with Crippen LogP contribution in [0.5, 0.6) is 0 Å². The van der Waals surface area contributed by atoms with Gasteiger partial charge in [0.25, 0.3) is 5.56 Å². The van der Waals surface area contributed by atoms with E-state index >= 15 is 0 Å². The van der Waals surface area contributed by atoms with E-state index < -0.39 is 23.5 Å². The normalized spacial score (nSPS) is 15.9. The monoisotopic (exact) mass is 422 g/mol. The largest absolute Gasteiger partial charge is 0.430 e. The number of nitrogens with one attached hydrogen (secondary N) is 1. The number of ether oxygens (including phenoxy) is 1. The minimum atomic E-state index is -1.24. The number of allylic oxidation sites excluding steroid dienone is 2. The van der Waals surface area contributed by atoms with Crippen molar-refractivity contribution in [1.82, 2.24) is 10.2 Å². The first kappa shape index (κ1) is 21.5. The quantitative estimate of drug-likeness (QED) is 0.587. The molecule has 1 atom stereocenters. The summed E-state index contributed by atoms with van der Waals surface area (Å²) < 4.78 is 4.61. The van der Waals surface area contributed by atoms with Crippen molar-refractivity contribution in [1.29, 1.82) is 0 Å². The Bertz CT molecular complexity index is 999. The molecular weight excluding hydrogens is 407 g/mol. The van der Waals surface area contributed by atoms with Crippen LogP contribution < -0.4 is 5.56 Å². The highest BCUT2D eigenvalue weighted by Gasteiger charge is 2.34. The number of esters is 1. The van der Waals surface area contributed by atoms with Gasteiger partial charge in [-0.2, -0.15) is 5.10 Å². The maximum absolute atomic E-state index is 11.1. The first-order chi connectivity index (χ1) is 13.1. The Hall–Kier alpha value is -2.77. The van der Waals surface area contributed by atoms with Crippen LogP contribution in [-0.2, 0) is 19.1 Å². The van der Waals surface area contributed by atoms with E-state index in [0.717, 1.165) is 17.2 Å². The van der Waals surface area contributed by atoms with Crippen molar-refractivity contribution >= 4 is 40.7 Å². The molecule has 0 radical (unpaired) electrons. The zero-order valence-electron chi connectivity index (χ0n) is 15.2. The fraction of sp³-hybridized carbons (Fsp3) is 0.211. The predicted octanol–water partition coefficient (Wildman–Crippen LogP) is 3.27. The van der Waals surface area contributed by atoms with Crippen LogP contribution in [0.2, 0.25) is 10.0 Å². The number of ketones is 2. The van der Waals surface area contributed by atoms with Gasteiger partial charge in [0.05, 0.1) is 5.69 Å². The molecule has 3 rings (SSSR count). The molecule has 1 N–H and O–H groups in total. The molecule has 1 aliphatic rings. The van der Waals surface area contributed by atoms with Crippen LogP contribution in [0.1, 0.15) is 19.4 Å². The first-order valence-corrected chi connectivity index (χ1v) is 8.81. The van der Waals surface area contributed by atoms with E-state index in [2.05, 4.69) is 14.9 Å². The number of aromatic nitrogens is 2. The minimum absolute atomic E-state index is 0.238. The molecule has 0 fully saturated rings. The third-order valence-electron chi connectivity index (χ3n) is 3.79. The Labute approximate surface area is 170 Å². The number of hydrogen-bond donors (Lipinski definition) is 1. The standard InChI is InChI=1S/C11H8Cl2N2O.C8H8O4/c1-6-8(12)4-7(5-9(6)13)10-2-3-11(16)15-14-10;1-4-3-6(10)7(5(2)9)8(11)12-4/h2-5H,1H3,(H,15,16);3,7H,1-2H3. The Balaban J connectivity index is 0.000000209. The molecule has 2 aromatic rings. The van der Waals surface area contributed by atoms with Gasteiger partial charge in [0.1, 0.15) is 5.76 Å². The Morgan fingerprint density at radius 1 is 1.11 bits per heavy atom. The molecule has 0 bridgehead atoms. The summed E-state index contributed by atoms with van der Waals surface area (Å²) in [6.07, 6.45) is 1.16. The number of Topliss-reactive ketones (excluding diaryl/α,β-unsaturated/α-hetero) is 1. The van der Waals surface area contributed by atoms with E-state index in [1.54, 1.807) is 18.2 Å². The summed E-state index contributed by atoms with van der Waals surface area (Å²) in [5.74, 6) is -2.74. The topological polar surface area (TPSA) is 106 Å². The molecule has 0 aliphatic carbocycles. The van der Waals surface area contributed by atoms with Crippen molar-refractivity contribution in [2.24, 2.45) is 5.92 Å². The Morgan fingerprint density at radius 2 is 1.71 bits per heavy atom. The number of carbonyl (C=O) groups is 3. The average Bonchev–Trinajstić information content (AvgIpc) is 2.59. The first-order valence-electron chi connectivity index (χ1n) is 8.06. The zero-order valence-corrected chi connectivity index (χ0v) is 16.7. The highest BCUT2D eigenvalue weighted by molar-refractivity contribution is 6.36. The van der Waals surface area contributed by atoms with Gasteiger partial charge in [-0.05, 0) is 44.5 Å². The predicted molar refractivity (Wildman–Crippen MR) is 104 cm³/mol. The van der Waals surface area contributed by atoms with Crippen molar-refractivity contribution in [2.45, 2.75) is 20.8 Å². The highest BCUT2D eigenvalue weighted by atomic mass is 35.5. The number of rotatable bonds is 2. The second kappa shape index (κ2) is 8.95. The fourth-order valence-electron chi connectivity index (χ4n) is 2.31. The second-order valence-corrected chi connectivity index (χ2v) is 6.81. The molecule has 0 saturated carbocycles. The van der Waals surface area contributed by atoms with Gasteiger partial charge in [-0.25, -0.2) is 5.10 Å². The van der Waals surface area contributed by atoms with Gasteiger partial charge in [-0.3, -0.25) is 19.2 Å². The smallest absolute Gasteiger partial charge is 0.329 e. The fourth-order valence-corrected chi connectivity index (χ4v) is 2.80. The van der Waals surface area contributed by atoms with Gasteiger partial charge in [0.15, 0.2) is 17.5 Å². The SMILES string of the molecule is CC(=O)C1C(=O)C=C(C)OC1=O.Cc1c(Cl)cc(-c2ccc(=O)[nH]n2)cc1Cl. The Kier molecular flexibility index (Phi) is 6.88. The van der Waals surface area contributed by atoms with Crippen molar-refractivity contribution in [3.05, 3.63) is 62.1 Å². The van der Waals surface area contributed by atoms with Crippen LogP contribution in [0.4, 0.5) is 0 Å². The molecule has 28 heavy (non-hydrogen) atoms. The summed E-state index contributed by atoms with van der Waals surface area (Å²) >= 11 is 12.0. The van der Waals surface area contributed by atoms with E-state index in [1.165, 1.54) is 19.9 Å². The molecule has 7 nitrogen and oxygen atoms in total. The maximum Gasteiger partial charge on any atom is 0.329 e. The number of nitrogens with zero attached hydrogens (tertiary/aromatic N) is 1. The summed E-state index contributed by atoms with van der Waals surface area (Å²) in [4.78, 5) is 43.7. The molecule has 0 saturated heterocycles.